The van der Waals surface area contributed by atoms with Crippen LogP contribution in [0.15, 0.2) is 24.3 Å². The van der Waals surface area contributed by atoms with Gasteiger partial charge < -0.3 is 4.98 Å². The highest BCUT2D eigenvalue weighted by Crippen LogP contribution is 2.05. The highest BCUT2D eigenvalue weighted by molar-refractivity contribution is 5.82. The summed E-state index contributed by atoms with van der Waals surface area (Å²) >= 11 is 0. The van der Waals surface area contributed by atoms with Gasteiger partial charge in [0.1, 0.15) is 0 Å². The Kier molecular flexibility index (Phi) is 2.39. The first-order valence-corrected chi connectivity index (χ1v) is 5.33. The van der Waals surface area contributed by atoms with Gasteiger partial charge in [0.05, 0.1) is 0 Å². The van der Waals surface area contributed by atoms with Crippen molar-refractivity contribution in [1.29, 1.82) is 0 Å². The van der Waals surface area contributed by atoms with Crippen LogP contribution < -0.4 is 10.6 Å². The Morgan fingerprint density at radius 3 is 2.20 bits per heavy atom. The van der Waals surface area contributed by atoms with E-state index in [4.69, 9.17) is 0 Å². The predicted molar refractivity (Wildman–Crippen MR) is 67.1 cm³/mol. The molecule has 0 spiro atoms. The maximum absolute atomic E-state index is 3.49. The Labute approximate surface area is 90.1 Å². The van der Waals surface area contributed by atoms with Crippen LogP contribution in [0.5, 0.6) is 0 Å². The van der Waals surface area contributed by atoms with E-state index in [1.54, 1.807) is 0 Å². The second kappa shape index (κ2) is 3.58. The number of hydrogen-bond acceptors (Lipinski definition) is 0. The molecule has 0 saturated heterocycles. The van der Waals surface area contributed by atoms with E-state index < -0.39 is 0 Å². The van der Waals surface area contributed by atoms with Gasteiger partial charge in [-0.15, -0.1) is 0 Å². The molecule has 1 heterocycles. The lowest BCUT2D eigenvalue weighted by Gasteiger charge is -1.91. The lowest BCUT2D eigenvalue weighted by atomic mass is 10.1. The van der Waals surface area contributed by atoms with E-state index >= 15 is 0 Å². The number of nitrogens with one attached hydrogen (secondary N) is 1. The van der Waals surface area contributed by atoms with Crippen molar-refractivity contribution in [2.45, 2.75) is 27.7 Å². The topological polar surface area (TPSA) is 15.8 Å². The van der Waals surface area contributed by atoms with Crippen LogP contribution in [-0.2, 0) is 0 Å². The van der Waals surface area contributed by atoms with E-state index in [-0.39, 0.29) is 0 Å². The van der Waals surface area contributed by atoms with E-state index in [9.17, 15) is 0 Å². The van der Waals surface area contributed by atoms with Gasteiger partial charge in [-0.3, -0.25) is 0 Å². The Morgan fingerprint density at radius 2 is 1.60 bits per heavy atom. The molecule has 0 aliphatic rings. The van der Waals surface area contributed by atoms with Crippen molar-refractivity contribution in [3.63, 3.8) is 0 Å². The standard InChI is InChI=1S/C14H17N/c1-9(2)13-11-7-5-6-8-12(11)15-14(13)10(3)4/h5-8,15H,1-4H3. The second-order valence-corrected chi connectivity index (χ2v) is 4.42. The Bertz CT molecular complexity index is 606. The smallest absolute Gasteiger partial charge is 0.0464 e. The Hall–Kier alpha value is -1.50. The Morgan fingerprint density at radius 1 is 0.933 bits per heavy atom. The number of fused-ring (bicyclic) bond motifs is 1. The zero-order valence-corrected chi connectivity index (χ0v) is 9.81. The first kappa shape index (κ1) is 10.0. The van der Waals surface area contributed by atoms with Crippen molar-refractivity contribution in [2.75, 3.05) is 0 Å². The summed E-state index contributed by atoms with van der Waals surface area (Å²) in [6.45, 7) is 8.64. The minimum Gasteiger partial charge on any atom is -0.355 e. The molecule has 1 heteroatoms. The van der Waals surface area contributed by atoms with E-state index in [2.05, 4.69) is 56.9 Å². The molecule has 0 aliphatic heterocycles. The number of aromatic nitrogens is 1. The van der Waals surface area contributed by atoms with Gasteiger partial charge in [-0.2, -0.15) is 0 Å². The predicted octanol–water partition coefficient (Wildman–Crippen LogP) is 2.55. The largest absolute Gasteiger partial charge is 0.355 e. The fourth-order valence-electron chi connectivity index (χ4n) is 2.04. The molecule has 0 amide bonds. The summed E-state index contributed by atoms with van der Waals surface area (Å²) in [6, 6.07) is 8.48. The monoisotopic (exact) mass is 199 g/mol. The number of para-hydroxylation sites is 1. The highest BCUT2D eigenvalue weighted by atomic mass is 14.7. The van der Waals surface area contributed by atoms with E-state index in [0.29, 0.717) is 0 Å². The molecule has 2 aromatic rings. The fraction of sp³-hybridized carbons (Fsp3) is 0.286. The molecule has 1 aromatic carbocycles. The maximum atomic E-state index is 3.49. The van der Waals surface area contributed by atoms with E-state index in [1.807, 2.05) is 0 Å². The number of H-pyrrole nitrogens is 1. The van der Waals surface area contributed by atoms with Crippen molar-refractivity contribution >= 4 is 22.0 Å². The van der Waals surface area contributed by atoms with Crippen LogP contribution in [0, 0.1) is 0 Å². The molecule has 0 aliphatic carbocycles. The van der Waals surface area contributed by atoms with Gasteiger partial charge in [0, 0.05) is 21.5 Å². The number of aromatic amines is 1. The van der Waals surface area contributed by atoms with Crippen LogP contribution in [0.2, 0.25) is 0 Å². The third-order valence-electron chi connectivity index (χ3n) is 2.71. The fourth-order valence-corrected chi connectivity index (χ4v) is 2.04. The minimum absolute atomic E-state index is 1.23. The zero-order chi connectivity index (χ0) is 11.0. The van der Waals surface area contributed by atoms with Crippen LogP contribution in [0.4, 0.5) is 0 Å². The lowest BCUT2D eigenvalue weighted by molar-refractivity contribution is 1.29. The van der Waals surface area contributed by atoms with Crippen LogP contribution in [-0.4, -0.2) is 4.98 Å². The lowest BCUT2D eigenvalue weighted by Crippen LogP contribution is -2.25. The molecule has 1 aromatic heterocycles. The van der Waals surface area contributed by atoms with Crippen LogP contribution in [0.25, 0.3) is 22.0 Å². The molecule has 0 radical (unpaired) electrons. The van der Waals surface area contributed by atoms with Crippen LogP contribution in [0.1, 0.15) is 27.7 Å². The summed E-state index contributed by atoms with van der Waals surface area (Å²) in [4.78, 5) is 3.49. The zero-order valence-electron chi connectivity index (χ0n) is 9.81. The molecular weight excluding hydrogens is 182 g/mol. The molecule has 0 atom stereocenters. The van der Waals surface area contributed by atoms with Crippen LogP contribution >= 0.6 is 0 Å². The molecule has 1 N–H and O–H groups in total. The molecule has 0 fully saturated rings. The van der Waals surface area contributed by atoms with Crippen molar-refractivity contribution < 1.29 is 0 Å². The average molecular weight is 199 g/mol. The highest BCUT2D eigenvalue weighted by Gasteiger charge is 2.00. The molecule has 0 unspecified atom stereocenters. The van der Waals surface area contributed by atoms with Gasteiger partial charge in [-0.25, -0.2) is 0 Å². The first-order chi connectivity index (χ1) is 7.11. The molecule has 15 heavy (non-hydrogen) atoms. The summed E-state index contributed by atoms with van der Waals surface area (Å²) in [6.07, 6.45) is 0. The normalized spacial score (nSPS) is 10.7. The van der Waals surface area contributed by atoms with Crippen molar-refractivity contribution in [3.8, 4) is 0 Å². The summed E-state index contributed by atoms with van der Waals surface area (Å²) in [5.74, 6) is 0. The molecule has 0 bridgehead atoms. The van der Waals surface area contributed by atoms with Gasteiger partial charge in [0.2, 0.25) is 0 Å². The van der Waals surface area contributed by atoms with E-state index in [1.165, 1.54) is 32.6 Å². The number of benzene rings is 1. The van der Waals surface area contributed by atoms with E-state index in [0.717, 1.165) is 0 Å². The van der Waals surface area contributed by atoms with Gasteiger partial charge in [-0.05, 0) is 33.8 Å². The minimum atomic E-state index is 1.23. The second-order valence-electron chi connectivity index (χ2n) is 4.42. The van der Waals surface area contributed by atoms with Gasteiger partial charge in [0.15, 0.2) is 0 Å². The molecular formula is C14H17N. The van der Waals surface area contributed by atoms with Crippen molar-refractivity contribution in [3.05, 3.63) is 34.8 Å². The van der Waals surface area contributed by atoms with Crippen molar-refractivity contribution in [2.24, 2.45) is 0 Å². The number of hydrogen-bond donors (Lipinski definition) is 1. The number of rotatable bonds is 0. The third-order valence-corrected chi connectivity index (χ3v) is 2.71. The Balaban J connectivity index is 3.17. The molecule has 2 rings (SSSR count). The third kappa shape index (κ3) is 1.58. The quantitative estimate of drug-likeness (QED) is 0.671. The summed E-state index contributed by atoms with van der Waals surface area (Å²) in [7, 11) is 0. The first-order valence-electron chi connectivity index (χ1n) is 5.33. The van der Waals surface area contributed by atoms with Crippen LogP contribution in [0.3, 0.4) is 0 Å². The summed E-state index contributed by atoms with van der Waals surface area (Å²) in [5.41, 5.74) is 3.93. The van der Waals surface area contributed by atoms with Crippen molar-refractivity contribution in [1.82, 2.24) is 4.98 Å². The van der Waals surface area contributed by atoms with Gasteiger partial charge in [-0.1, -0.05) is 29.3 Å². The summed E-state index contributed by atoms with van der Waals surface area (Å²) in [5, 5.41) is 3.97. The molecule has 78 valence electrons. The summed E-state index contributed by atoms with van der Waals surface area (Å²) < 4.78 is 0. The molecule has 0 saturated carbocycles. The van der Waals surface area contributed by atoms with Gasteiger partial charge >= 0.3 is 0 Å². The molecule has 1 nitrogen and oxygen atoms in total. The SMILES string of the molecule is CC(C)=c1[nH]c2ccccc2c1=C(C)C. The maximum Gasteiger partial charge on any atom is 0.0464 e. The average Bonchev–Trinajstić information content (AvgIpc) is 2.56. The van der Waals surface area contributed by atoms with Gasteiger partial charge in [0.25, 0.3) is 0 Å².